The van der Waals surface area contributed by atoms with Gasteiger partial charge in [-0.2, -0.15) is 5.10 Å². The molecule has 0 spiro atoms. The number of hydrogen-bond acceptors (Lipinski definition) is 6. The van der Waals surface area contributed by atoms with Crippen LogP contribution >= 0.6 is 0 Å². The Morgan fingerprint density at radius 2 is 1.82 bits per heavy atom. The van der Waals surface area contributed by atoms with Crippen molar-refractivity contribution < 1.29 is 22.5 Å². The normalized spacial score (nSPS) is 11.8. The van der Waals surface area contributed by atoms with Gasteiger partial charge in [0.1, 0.15) is 12.4 Å². The number of anilines is 1. The van der Waals surface area contributed by atoms with Gasteiger partial charge in [0, 0.05) is 12.1 Å². The topological polar surface area (TPSA) is 122 Å². The van der Waals surface area contributed by atoms with E-state index in [1.165, 1.54) is 42.5 Å². The molecular weight excluding hydrogens is 391 g/mol. The Morgan fingerprint density at radius 3 is 2.36 bits per heavy atom. The Morgan fingerprint density at radius 1 is 1.21 bits per heavy atom. The van der Waals surface area contributed by atoms with E-state index in [-0.39, 0.29) is 11.4 Å². The summed E-state index contributed by atoms with van der Waals surface area (Å²) >= 11 is 0. The van der Waals surface area contributed by atoms with Crippen molar-refractivity contribution in [3.8, 4) is 0 Å². The number of carbonyl (C=O) groups is 1. The fraction of sp³-hybridized carbons (Fsp3) is 0.176. The number of carbonyl (C=O) groups excluding carboxylic acids is 1. The third kappa shape index (κ3) is 5.33. The van der Waals surface area contributed by atoms with Crippen molar-refractivity contribution in [2.45, 2.75) is 6.92 Å². The van der Waals surface area contributed by atoms with E-state index in [9.17, 15) is 27.7 Å². The number of benzene rings is 2. The van der Waals surface area contributed by atoms with E-state index in [1.54, 1.807) is 6.92 Å². The third-order valence-electron chi connectivity index (χ3n) is 3.65. The Balaban J connectivity index is 2.13. The van der Waals surface area contributed by atoms with Gasteiger partial charge >= 0.3 is 0 Å². The first-order chi connectivity index (χ1) is 13.1. The molecule has 1 N–H and O–H groups in total. The first kappa shape index (κ1) is 21.0. The molecule has 148 valence electrons. The highest BCUT2D eigenvalue weighted by Gasteiger charge is 2.23. The fourth-order valence-electron chi connectivity index (χ4n) is 2.24. The van der Waals surface area contributed by atoms with Crippen molar-refractivity contribution in [1.29, 1.82) is 0 Å². The van der Waals surface area contributed by atoms with Crippen molar-refractivity contribution in [1.82, 2.24) is 5.43 Å². The minimum absolute atomic E-state index is 0.0886. The van der Waals surface area contributed by atoms with Gasteiger partial charge in [0.25, 0.3) is 11.6 Å². The van der Waals surface area contributed by atoms with Gasteiger partial charge in [-0.05, 0) is 36.8 Å². The van der Waals surface area contributed by atoms with Gasteiger partial charge in [-0.1, -0.05) is 12.1 Å². The number of sulfonamides is 1. The van der Waals surface area contributed by atoms with Crippen LogP contribution in [0.5, 0.6) is 0 Å². The zero-order valence-electron chi connectivity index (χ0n) is 15.0. The maximum Gasteiger partial charge on any atom is 0.269 e. The Kier molecular flexibility index (Phi) is 6.41. The van der Waals surface area contributed by atoms with Gasteiger partial charge in [0.2, 0.25) is 10.0 Å². The lowest BCUT2D eigenvalue weighted by Crippen LogP contribution is -2.39. The molecule has 9 nitrogen and oxygen atoms in total. The first-order valence-electron chi connectivity index (χ1n) is 7.90. The van der Waals surface area contributed by atoms with Crippen molar-refractivity contribution in [2.75, 3.05) is 17.1 Å². The van der Waals surface area contributed by atoms with Crippen molar-refractivity contribution in [3.05, 3.63) is 70.0 Å². The van der Waals surface area contributed by atoms with E-state index >= 15 is 0 Å². The number of hydrogen-bond donors (Lipinski definition) is 1. The highest BCUT2D eigenvalue weighted by molar-refractivity contribution is 7.92. The van der Waals surface area contributed by atoms with Gasteiger partial charge in [0.05, 0.1) is 22.6 Å². The molecule has 0 atom stereocenters. The molecule has 0 radical (unpaired) electrons. The number of non-ortho nitro benzene ring substituents is 1. The third-order valence-corrected chi connectivity index (χ3v) is 4.78. The SMILES string of the molecule is C/C(=N/NC(=O)CN(c1ccccc1F)S(C)(=O)=O)c1ccc([N+](=O)[O-])cc1. The van der Waals surface area contributed by atoms with E-state index in [1.807, 2.05) is 0 Å². The summed E-state index contributed by atoms with van der Waals surface area (Å²) in [6.07, 6.45) is 0.859. The van der Waals surface area contributed by atoms with Crippen molar-refractivity contribution in [3.63, 3.8) is 0 Å². The summed E-state index contributed by atoms with van der Waals surface area (Å²) in [5, 5.41) is 14.5. The molecule has 2 rings (SSSR count). The quantitative estimate of drug-likeness (QED) is 0.427. The van der Waals surface area contributed by atoms with Crippen molar-refractivity contribution >= 4 is 33.0 Å². The molecule has 0 aromatic heterocycles. The average Bonchev–Trinajstić information content (AvgIpc) is 2.64. The van der Waals surface area contributed by atoms with E-state index in [0.29, 0.717) is 15.6 Å². The minimum atomic E-state index is -3.92. The number of para-hydroxylation sites is 1. The fourth-order valence-corrected chi connectivity index (χ4v) is 3.09. The van der Waals surface area contributed by atoms with Crippen LogP contribution in [0.25, 0.3) is 0 Å². The zero-order valence-corrected chi connectivity index (χ0v) is 15.8. The van der Waals surface area contributed by atoms with Gasteiger partial charge < -0.3 is 0 Å². The Hall–Kier alpha value is -3.34. The number of halogens is 1. The Bertz CT molecular complexity index is 1020. The summed E-state index contributed by atoms with van der Waals surface area (Å²) in [6.45, 7) is 0.892. The van der Waals surface area contributed by atoms with Gasteiger partial charge in [-0.15, -0.1) is 0 Å². The number of nitro benzene ring substituents is 1. The molecule has 2 aromatic rings. The van der Waals surface area contributed by atoms with Crippen LogP contribution in [0.15, 0.2) is 53.6 Å². The number of rotatable bonds is 7. The number of nitrogens with one attached hydrogen (secondary N) is 1. The van der Waals surface area contributed by atoms with Crippen LogP contribution in [0, 0.1) is 15.9 Å². The highest BCUT2D eigenvalue weighted by atomic mass is 32.2. The van der Waals surface area contributed by atoms with Gasteiger partial charge in [-0.25, -0.2) is 18.2 Å². The van der Waals surface area contributed by atoms with Crippen LogP contribution in [0.2, 0.25) is 0 Å². The minimum Gasteiger partial charge on any atom is -0.271 e. The number of amides is 1. The summed E-state index contributed by atoms with van der Waals surface area (Å²) in [5.74, 6) is -1.57. The van der Waals surface area contributed by atoms with Crippen LogP contribution in [-0.2, 0) is 14.8 Å². The molecule has 0 heterocycles. The Labute approximate surface area is 160 Å². The lowest BCUT2D eigenvalue weighted by molar-refractivity contribution is -0.384. The first-order valence-corrected chi connectivity index (χ1v) is 9.74. The molecule has 0 aliphatic rings. The van der Waals surface area contributed by atoms with E-state index in [2.05, 4.69) is 10.5 Å². The zero-order chi connectivity index (χ0) is 20.9. The van der Waals surface area contributed by atoms with Crippen LogP contribution < -0.4 is 9.73 Å². The van der Waals surface area contributed by atoms with E-state index in [0.717, 1.165) is 12.3 Å². The molecule has 0 bridgehead atoms. The predicted octanol–water partition coefficient (Wildman–Crippen LogP) is 2.04. The molecule has 1 amide bonds. The molecule has 0 saturated carbocycles. The maximum atomic E-state index is 13.9. The summed E-state index contributed by atoms with van der Waals surface area (Å²) < 4.78 is 38.5. The molecule has 11 heteroatoms. The molecule has 2 aromatic carbocycles. The monoisotopic (exact) mass is 408 g/mol. The van der Waals surface area contributed by atoms with E-state index in [4.69, 9.17) is 0 Å². The smallest absolute Gasteiger partial charge is 0.269 e. The maximum absolute atomic E-state index is 13.9. The molecule has 0 aliphatic carbocycles. The largest absolute Gasteiger partial charge is 0.271 e. The molecule has 28 heavy (non-hydrogen) atoms. The van der Waals surface area contributed by atoms with E-state index < -0.39 is 33.2 Å². The lowest BCUT2D eigenvalue weighted by Gasteiger charge is -2.21. The molecule has 0 fully saturated rings. The number of nitrogens with zero attached hydrogens (tertiary/aromatic N) is 3. The van der Waals surface area contributed by atoms with Crippen LogP contribution in [0.4, 0.5) is 15.8 Å². The molecule has 0 saturated heterocycles. The summed E-state index contributed by atoms with van der Waals surface area (Å²) in [6, 6.07) is 10.7. The van der Waals surface area contributed by atoms with Crippen LogP contribution in [-0.4, -0.2) is 37.8 Å². The molecule has 0 unspecified atom stereocenters. The second kappa shape index (κ2) is 8.57. The summed E-state index contributed by atoms with van der Waals surface area (Å²) in [7, 11) is -3.92. The second-order valence-corrected chi connectivity index (χ2v) is 7.66. The molecule has 0 aliphatic heterocycles. The van der Waals surface area contributed by atoms with Crippen LogP contribution in [0.3, 0.4) is 0 Å². The number of hydrazone groups is 1. The summed E-state index contributed by atoms with van der Waals surface area (Å²) in [4.78, 5) is 22.2. The van der Waals surface area contributed by atoms with Gasteiger partial charge in [-0.3, -0.25) is 19.2 Å². The lowest BCUT2D eigenvalue weighted by atomic mass is 10.1. The highest BCUT2D eigenvalue weighted by Crippen LogP contribution is 2.21. The standard InChI is InChI=1S/C17H17FN4O5S/c1-12(13-7-9-14(10-8-13)22(24)25)19-20-17(23)11-21(28(2,26)27)16-6-4-3-5-15(16)18/h3-10H,11H2,1-2H3,(H,20,23)/b19-12-. The van der Waals surface area contributed by atoms with Crippen molar-refractivity contribution in [2.24, 2.45) is 5.10 Å². The second-order valence-electron chi connectivity index (χ2n) is 5.76. The van der Waals surface area contributed by atoms with Crippen LogP contribution in [0.1, 0.15) is 12.5 Å². The van der Waals surface area contributed by atoms with Gasteiger partial charge in [0.15, 0.2) is 0 Å². The average molecular weight is 408 g/mol. The molecular formula is C17H17FN4O5S. The summed E-state index contributed by atoms with van der Waals surface area (Å²) in [5.41, 5.74) is 2.73. The predicted molar refractivity (Wildman–Crippen MR) is 102 cm³/mol. The number of nitro groups is 1.